The Morgan fingerprint density at radius 2 is 1.67 bits per heavy atom. The van der Waals surface area contributed by atoms with Gasteiger partial charge < -0.3 is 9.80 Å². The van der Waals surface area contributed by atoms with Crippen LogP contribution in [-0.2, 0) is 6.18 Å². The van der Waals surface area contributed by atoms with E-state index in [9.17, 15) is 13.2 Å². The zero-order chi connectivity index (χ0) is 14.9. The molecule has 1 aliphatic heterocycles. The van der Waals surface area contributed by atoms with Gasteiger partial charge in [-0.1, -0.05) is 6.07 Å². The Balaban J connectivity index is 1.70. The summed E-state index contributed by atoms with van der Waals surface area (Å²) in [7, 11) is 0. The molecule has 0 atom stereocenters. The highest BCUT2D eigenvalue weighted by Gasteiger charge is 2.31. The molecular weight excluding hydrogens is 281 g/mol. The first kappa shape index (κ1) is 13.8. The van der Waals surface area contributed by atoms with Gasteiger partial charge in [-0.2, -0.15) is 18.3 Å². The predicted molar refractivity (Wildman–Crippen MR) is 74.5 cm³/mol. The van der Waals surface area contributed by atoms with Crippen LogP contribution in [0.4, 0.5) is 24.5 Å². The molecule has 1 saturated heterocycles. The van der Waals surface area contributed by atoms with Crippen molar-refractivity contribution in [3.63, 3.8) is 0 Å². The Kier molecular flexibility index (Phi) is 3.48. The summed E-state index contributed by atoms with van der Waals surface area (Å²) in [4.78, 5) is 4.14. The average molecular weight is 296 g/mol. The van der Waals surface area contributed by atoms with Gasteiger partial charge in [0.05, 0.1) is 17.4 Å². The lowest BCUT2D eigenvalue weighted by molar-refractivity contribution is -0.137. The fourth-order valence-electron chi connectivity index (χ4n) is 2.52. The number of halogens is 3. The van der Waals surface area contributed by atoms with E-state index in [1.807, 2.05) is 11.1 Å². The molecule has 2 aromatic rings. The van der Waals surface area contributed by atoms with E-state index in [1.54, 1.807) is 12.3 Å². The third-order valence-electron chi connectivity index (χ3n) is 3.67. The van der Waals surface area contributed by atoms with Crippen molar-refractivity contribution in [2.24, 2.45) is 0 Å². The van der Waals surface area contributed by atoms with Crippen molar-refractivity contribution in [3.05, 3.63) is 42.2 Å². The molecule has 1 aromatic heterocycles. The van der Waals surface area contributed by atoms with Crippen LogP contribution < -0.4 is 9.80 Å². The number of nitrogens with one attached hydrogen (secondary N) is 1. The highest BCUT2D eigenvalue weighted by atomic mass is 19.4. The molecule has 0 saturated carbocycles. The molecule has 7 heteroatoms. The number of piperazine rings is 1. The number of H-pyrrole nitrogens is 1. The van der Waals surface area contributed by atoms with Gasteiger partial charge >= 0.3 is 6.18 Å². The molecule has 4 nitrogen and oxygen atoms in total. The van der Waals surface area contributed by atoms with Crippen LogP contribution in [-0.4, -0.2) is 36.4 Å². The third-order valence-corrected chi connectivity index (χ3v) is 3.67. The molecule has 0 radical (unpaired) electrons. The van der Waals surface area contributed by atoms with E-state index in [2.05, 4.69) is 15.1 Å². The van der Waals surface area contributed by atoms with Crippen LogP contribution in [0.15, 0.2) is 36.7 Å². The number of alkyl halides is 3. The highest BCUT2D eigenvalue weighted by Crippen LogP contribution is 2.32. The lowest BCUT2D eigenvalue weighted by Gasteiger charge is -2.36. The molecule has 3 rings (SSSR count). The van der Waals surface area contributed by atoms with E-state index < -0.39 is 11.7 Å². The molecular formula is C14H15F3N4. The van der Waals surface area contributed by atoms with Gasteiger partial charge in [-0.15, -0.1) is 0 Å². The molecule has 1 aliphatic rings. The topological polar surface area (TPSA) is 35.2 Å². The number of anilines is 2. The average Bonchev–Trinajstić information content (AvgIpc) is 3.01. The minimum atomic E-state index is -4.30. The number of hydrogen-bond acceptors (Lipinski definition) is 3. The standard InChI is InChI=1S/C14H15F3N4/c15-14(16,17)11-2-1-3-12(8-11)20-4-6-21(7-5-20)13-9-18-19-10-13/h1-3,8-10H,4-7H2,(H,18,19). The largest absolute Gasteiger partial charge is 0.416 e. The Morgan fingerprint density at radius 3 is 2.24 bits per heavy atom. The summed E-state index contributed by atoms with van der Waals surface area (Å²) < 4.78 is 38.2. The van der Waals surface area contributed by atoms with E-state index in [0.717, 1.165) is 24.8 Å². The fraction of sp³-hybridized carbons (Fsp3) is 0.357. The molecule has 0 aliphatic carbocycles. The molecule has 0 spiro atoms. The number of aromatic nitrogens is 2. The van der Waals surface area contributed by atoms with Crippen molar-refractivity contribution in [1.82, 2.24) is 10.2 Å². The smallest absolute Gasteiger partial charge is 0.368 e. The normalized spacial score (nSPS) is 16.3. The number of aromatic amines is 1. The number of nitrogens with zero attached hydrogens (tertiary/aromatic N) is 3. The molecule has 112 valence electrons. The summed E-state index contributed by atoms with van der Waals surface area (Å²) in [6.07, 6.45) is -0.728. The van der Waals surface area contributed by atoms with E-state index in [0.29, 0.717) is 18.8 Å². The second-order valence-corrected chi connectivity index (χ2v) is 4.98. The lowest BCUT2D eigenvalue weighted by atomic mass is 10.1. The zero-order valence-corrected chi connectivity index (χ0v) is 11.3. The van der Waals surface area contributed by atoms with E-state index >= 15 is 0 Å². The quantitative estimate of drug-likeness (QED) is 0.925. The monoisotopic (exact) mass is 296 g/mol. The van der Waals surface area contributed by atoms with Gasteiger partial charge in [-0.3, -0.25) is 5.10 Å². The summed E-state index contributed by atoms with van der Waals surface area (Å²) in [5.74, 6) is 0. The van der Waals surface area contributed by atoms with Crippen molar-refractivity contribution in [3.8, 4) is 0 Å². The Labute approximate surface area is 120 Å². The molecule has 2 heterocycles. The maximum atomic E-state index is 12.7. The van der Waals surface area contributed by atoms with Gasteiger partial charge in [-0.25, -0.2) is 0 Å². The molecule has 1 fully saturated rings. The first-order valence-corrected chi connectivity index (χ1v) is 6.70. The maximum Gasteiger partial charge on any atom is 0.416 e. The van der Waals surface area contributed by atoms with Crippen LogP contribution in [0.3, 0.4) is 0 Å². The van der Waals surface area contributed by atoms with Crippen molar-refractivity contribution >= 4 is 11.4 Å². The fourth-order valence-corrected chi connectivity index (χ4v) is 2.52. The molecule has 0 amide bonds. The van der Waals surface area contributed by atoms with Gasteiger partial charge in [-0.05, 0) is 18.2 Å². The van der Waals surface area contributed by atoms with Crippen molar-refractivity contribution in [1.29, 1.82) is 0 Å². The highest BCUT2D eigenvalue weighted by molar-refractivity contribution is 5.52. The van der Waals surface area contributed by atoms with Crippen LogP contribution in [0.1, 0.15) is 5.56 Å². The minimum absolute atomic E-state index is 0.600. The summed E-state index contributed by atoms with van der Waals surface area (Å²) in [5, 5.41) is 6.67. The summed E-state index contributed by atoms with van der Waals surface area (Å²) >= 11 is 0. The van der Waals surface area contributed by atoms with E-state index in [4.69, 9.17) is 0 Å². The van der Waals surface area contributed by atoms with Crippen molar-refractivity contribution in [2.75, 3.05) is 36.0 Å². The number of hydrogen-bond donors (Lipinski definition) is 1. The van der Waals surface area contributed by atoms with Gasteiger partial charge in [0.25, 0.3) is 0 Å². The van der Waals surface area contributed by atoms with E-state index in [-0.39, 0.29) is 0 Å². The first-order valence-electron chi connectivity index (χ1n) is 6.70. The summed E-state index contributed by atoms with van der Waals surface area (Å²) in [6, 6.07) is 5.50. The van der Waals surface area contributed by atoms with Crippen LogP contribution in [0, 0.1) is 0 Å². The summed E-state index contributed by atoms with van der Waals surface area (Å²) in [5.41, 5.74) is 1.03. The predicted octanol–water partition coefficient (Wildman–Crippen LogP) is 2.76. The second-order valence-electron chi connectivity index (χ2n) is 4.98. The molecule has 1 aromatic carbocycles. The van der Waals surface area contributed by atoms with Gasteiger partial charge in [0.2, 0.25) is 0 Å². The molecule has 1 N–H and O–H groups in total. The van der Waals surface area contributed by atoms with Crippen molar-refractivity contribution in [2.45, 2.75) is 6.18 Å². The van der Waals surface area contributed by atoms with Gasteiger partial charge in [0, 0.05) is 38.1 Å². The number of rotatable bonds is 2. The van der Waals surface area contributed by atoms with Crippen LogP contribution >= 0.6 is 0 Å². The number of benzene rings is 1. The molecule has 0 bridgehead atoms. The third kappa shape index (κ3) is 2.96. The lowest BCUT2D eigenvalue weighted by Crippen LogP contribution is -2.46. The molecule has 21 heavy (non-hydrogen) atoms. The minimum Gasteiger partial charge on any atom is -0.368 e. The maximum absolute atomic E-state index is 12.7. The van der Waals surface area contributed by atoms with Crippen LogP contribution in [0.25, 0.3) is 0 Å². The first-order chi connectivity index (χ1) is 10.0. The van der Waals surface area contributed by atoms with E-state index in [1.165, 1.54) is 12.1 Å². The Bertz CT molecular complexity index is 587. The zero-order valence-electron chi connectivity index (χ0n) is 11.3. The van der Waals surface area contributed by atoms with Crippen molar-refractivity contribution < 1.29 is 13.2 Å². The SMILES string of the molecule is FC(F)(F)c1cccc(N2CCN(c3cn[nH]c3)CC2)c1. The van der Waals surface area contributed by atoms with Gasteiger partial charge in [0.1, 0.15) is 0 Å². The Hall–Kier alpha value is -2.18. The second kappa shape index (κ2) is 5.31. The Morgan fingerprint density at radius 1 is 1.00 bits per heavy atom. The van der Waals surface area contributed by atoms with Gasteiger partial charge in [0.15, 0.2) is 0 Å². The van der Waals surface area contributed by atoms with Crippen LogP contribution in [0.5, 0.6) is 0 Å². The molecule has 0 unspecified atom stereocenters. The summed E-state index contributed by atoms with van der Waals surface area (Å²) in [6.45, 7) is 2.89. The van der Waals surface area contributed by atoms with Crippen LogP contribution in [0.2, 0.25) is 0 Å².